The Hall–Kier alpha value is -4.56. The number of nitrogens with one attached hydrogen (secondary N) is 1. The van der Waals surface area contributed by atoms with Gasteiger partial charge in [0, 0.05) is 37.9 Å². The summed E-state index contributed by atoms with van der Waals surface area (Å²) < 4.78 is 32.4. The monoisotopic (exact) mass is 756 g/mol. The van der Waals surface area contributed by atoms with E-state index in [2.05, 4.69) is 18.6 Å². The maximum atomic E-state index is 13.3. The Morgan fingerprint density at radius 3 is 1.44 bits per heavy atom. The lowest BCUT2D eigenvalue weighted by Gasteiger charge is -2.27. The van der Waals surface area contributed by atoms with Crippen LogP contribution in [-0.2, 0) is 47.7 Å². The summed E-state index contributed by atoms with van der Waals surface area (Å²) in [6.45, 7) is 9.53. The van der Waals surface area contributed by atoms with Gasteiger partial charge in [0.05, 0.1) is 50.1 Å². The zero-order chi connectivity index (χ0) is 39.5. The van der Waals surface area contributed by atoms with Crippen molar-refractivity contribution in [2.24, 2.45) is 23.7 Å². The van der Waals surface area contributed by atoms with Crippen molar-refractivity contribution in [3.8, 4) is 11.5 Å². The predicted octanol–water partition coefficient (Wildman–Crippen LogP) is 5.34. The van der Waals surface area contributed by atoms with Gasteiger partial charge in [-0.05, 0) is 102 Å². The Morgan fingerprint density at radius 1 is 0.648 bits per heavy atom. The average Bonchev–Trinajstić information content (AvgIpc) is 3.17. The standard InChI is InChI=1S/C40H56N2O12/c1-6-35(43)49-22-8-10-24-51-37(45)28-12-16-30(17-13-28)39(47)53-32-20-21-34(33(26-32)27(3)41-42(4)5)54-40(48)31-18-14-29(15-19-31)38(46)52-25-11-9-23-50-36(44)7-2/h6-7,20-21,26-31,41H,1-2,8-19,22-25H2,3-5H3. The first-order valence-electron chi connectivity index (χ1n) is 18.8. The SMILES string of the molecule is C=CC(=O)OCCCCOC(=O)C1CCC(C(=O)Oc2ccc(OC(=O)C3CCC(C(=O)OCCCCOC(=O)C=C)CC3)c(C(C)NN(C)C)c2)CC1. The summed E-state index contributed by atoms with van der Waals surface area (Å²) in [6, 6.07) is 4.62. The highest BCUT2D eigenvalue weighted by Crippen LogP contribution is 2.35. The fourth-order valence-corrected chi connectivity index (χ4v) is 6.45. The number of hydrogen-bond donors (Lipinski definition) is 1. The summed E-state index contributed by atoms with van der Waals surface area (Å²) in [5.74, 6) is -2.96. The predicted molar refractivity (Wildman–Crippen MR) is 197 cm³/mol. The van der Waals surface area contributed by atoms with E-state index in [0.29, 0.717) is 94.1 Å². The molecule has 2 saturated carbocycles. The van der Waals surface area contributed by atoms with Crippen molar-refractivity contribution in [2.45, 2.75) is 90.0 Å². The normalized spacial score (nSPS) is 20.1. The van der Waals surface area contributed by atoms with Gasteiger partial charge in [-0.15, -0.1) is 0 Å². The number of unbranched alkanes of at least 4 members (excludes halogenated alkanes) is 2. The van der Waals surface area contributed by atoms with Crippen LogP contribution in [0.1, 0.15) is 95.6 Å². The zero-order valence-electron chi connectivity index (χ0n) is 31.8. The highest BCUT2D eigenvalue weighted by atomic mass is 16.6. The lowest BCUT2D eigenvalue weighted by atomic mass is 9.82. The van der Waals surface area contributed by atoms with Crippen LogP contribution in [0.2, 0.25) is 0 Å². The number of rotatable bonds is 21. The molecule has 1 N–H and O–H groups in total. The molecule has 14 heteroatoms. The second-order valence-corrected chi connectivity index (χ2v) is 13.9. The molecule has 0 aliphatic heterocycles. The zero-order valence-corrected chi connectivity index (χ0v) is 31.8. The minimum absolute atomic E-state index is 0.235. The third-order valence-corrected chi connectivity index (χ3v) is 9.50. The van der Waals surface area contributed by atoms with E-state index >= 15 is 0 Å². The van der Waals surface area contributed by atoms with E-state index in [1.165, 1.54) is 0 Å². The summed E-state index contributed by atoms with van der Waals surface area (Å²) in [5, 5.41) is 1.78. The van der Waals surface area contributed by atoms with Gasteiger partial charge in [-0.1, -0.05) is 13.2 Å². The molecule has 0 heterocycles. The van der Waals surface area contributed by atoms with Crippen LogP contribution in [0.4, 0.5) is 0 Å². The minimum atomic E-state index is -0.485. The summed E-state index contributed by atoms with van der Waals surface area (Å²) in [5.41, 5.74) is 3.88. The summed E-state index contributed by atoms with van der Waals surface area (Å²) in [6.07, 6.45) is 8.49. The molecular formula is C40H56N2O12. The first kappa shape index (κ1) is 43.8. The Labute approximate surface area is 317 Å². The number of hydrogen-bond acceptors (Lipinski definition) is 14. The number of benzene rings is 1. The maximum Gasteiger partial charge on any atom is 0.330 e. The first-order chi connectivity index (χ1) is 25.9. The summed E-state index contributed by atoms with van der Waals surface area (Å²) in [4.78, 5) is 73.8. The van der Waals surface area contributed by atoms with E-state index in [4.69, 9.17) is 28.4 Å². The first-order valence-corrected chi connectivity index (χ1v) is 18.8. The Balaban J connectivity index is 1.47. The van der Waals surface area contributed by atoms with Crippen molar-refractivity contribution in [1.82, 2.24) is 10.4 Å². The van der Waals surface area contributed by atoms with E-state index in [1.807, 2.05) is 21.0 Å². The van der Waals surface area contributed by atoms with Crippen molar-refractivity contribution < 1.29 is 57.2 Å². The molecule has 2 aliphatic rings. The smallest absolute Gasteiger partial charge is 0.330 e. The van der Waals surface area contributed by atoms with Crippen molar-refractivity contribution in [3.05, 3.63) is 49.1 Å². The quantitative estimate of drug-likeness (QED) is 0.0425. The minimum Gasteiger partial charge on any atom is -0.465 e. The second-order valence-electron chi connectivity index (χ2n) is 13.9. The highest BCUT2D eigenvalue weighted by molar-refractivity contribution is 5.81. The van der Waals surface area contributed by atoms with Gasteiger partial charge >= 0.3 is 35.8 Å². The van der Waals surface area contributed by atoms with E-state index in [1.54, 1.807) is 23.2 Å². The number of carbonyl (C=O) groups excluding carboxylic acids is 6. The topological polar surface area (TPSA) is 173 Å². The van der Waals surface area contributed by atoms with E-state index < -0.39 is 11.9 Å². The number of hydrazine groups is 1. The van der Waals surface area contributed by atoms with Crippen LogP contribution in [0.3, 0.4) is 0 Å². The fourth-order valence-electron chi connectivity index (χ4n) is 6.45. The average molecular weight is 757 g/mol. The molecule has 2 fully saturated rings. The van der Waals surface area contributed by atoms with E-state index in [-0.39, 0.29) is 80.0 Å². The van der Waals surface area contributed by atoms with E-state index in [0.717, 1.165) is 12.2 Å². The van der Waals surface area contributed by atoms with Gasteiger partial charge in [-0.2, -0.15) is 0 Å². The molecule has 0 saturated heterocycles. The number of ether oxygens (including phenoxy) is 6. The summed E-state index contributed by atoms with van der Waals surface area (Å²) in [7, 11) is 3.68. The van der Waals surface area contributed by atoms with E-state index in [9.17, 15) is 28.8 Å². The molecule has 1 aromatic carbocycles. The lowest BCUT2D eigenvalue weighted by Crippen LogP contribution is -2.33. The van der Waals surface area contributed by atoms with Crippen molar-refractivity contribution in [3.63, 3.8) is 0 Å². The van der Waals surface area contributed by atoms with Gasteiger partial charge in [0.25, 0.3) is 0 Å². The third kappa shape index (κ3) is 15.1. The van der Waals surface area contributed by atoms with Crippen LogP contribution < -0.4 is 14.9 Å². The van der Waals surface area contributed by atoms with Crippen LogP contribution in [0, 0.1) is 23.7 Å². The van der Waals surface area contributed by atoms with Crippen LogP contribution in [0.15, 0.2) is 43.5 Å². The molecule has 1 atom stereocenters. The number of carbonyl (C=O) groups is 6. The largest absolute Gasteiger partial charge is 0.465 e. The summed E-state index contributed by atoms with van der Waals surface area (Å²) >= 11 is 0. The van der Waals surface area contributed by atoms with Crippen molar-refractivity contribution in [1.29, 1.82) is 0 Å². The van der Waals surface area contributed by atoms with Crippen molar-refractivity contribution in [2.75, 3.05) is 40.5 Å². The molecule has 0 radical (unpaired) electrons. The molecule has 0 bridgehead atoms. The van der Waals surface area contributed by atoms with Crippen molar-refractivity contribution >= 4 is 35.8 Å². The number of nitrogens with zero attached hydrogens (tertiary/aromatic N) is 1. The lowest BCUT2D eigenvalue weighted by molar-refractivity contribution is -0.152. The van der Waals surface area contributed by atoms with Crippen LogP contribution in [0.5, 0.6) is 11.5 Å². The fraction of sp³-hybridized carbons (Fsp3) is 0.600. The molecule has 1 unspecified atom stereocenters. The van der Waals surface area contributed by atoms with Gasteiger partial charge in [-0.25, -0.2) is 15.0 Å². The number of esters is 6. The Morgan fingerprint density at radius 2 is 1.04 bits per heavy atom. The maximum absolute atomic E-state index is 13.3. The van der Waals surface area contributed by atoms with Crippen LogP contribution in [0.25, 0.3) is 0 Å². The van der Waals surface area contributed by atoms with Gasteiger partial charge < -0.3 is 28.4 Å². The van der Waals surface area contributed by atoms with Gasteiger partial charge in [-0.3, -0.25) is 24.2 Å². The highest BCUT2D eigenvalue weighted by Gasteiger charge is 2.34. The third-order valence-electron chi connectivity index (χ3n) is 9.50. The molecule has 2 aliphatic carbocycles. The Bertz CT molecular complexity index is 1440. The van der Waals surface area contributed by atoms with Gasteiger partial charge in [0.15, 0.2) is 0 Å². The molecule has 0 aromatic heterocycles. The molecule has 1 aromatic rings. The molecule has 298 valence electrons. The molecule has 54 heavy (non-hydrogen) atoms. The Kier molecular flexibility index (Phi) is 18.9. The molecule has 14 nitrogen and oxygen atoms in total. The molecule has 0 amide bonds. The van der Waals surface area contributed by atoms with Gasteiger partial charge in [0.1, 0.15) is 11.5 Å². The van der Waals surface area contributed by atoms with Gasteiger partial charge in [0.2, 0.25) is 0 Å². The molecule has 3 rings (SSSR count). The second kappa shape index (κ2) is 23.3. The molecule has 0 spiro atoms. The van der Waals surface area contributed by atoms with Crippen LogP contribution in [-0.4, -0.2) is 81.3 Å². The molecular weight excluding hydrogens is 700 g/mol. The van der Waals surface area contributed by atoms with Crippen LogP contribution >= 0.6 is 0 Å².